The summed E-state index contributed by atoms with van der Waals surface area (Å²) in [7, 11) is -0.857. The molecule has 6 fully saturated rings. The highest BCUT2D eigenvalue weighted by Gasteiger charge is 2.52. The van der Waals surface area contributed by atoms with E-state index in [0.29, 0.717) is 0 Å². The molecule has 0 N–H and O–H groups in total. The van der Waals surface area contributed by atoms with Crippen LogP contribution < -0.4 is 0 Å². The minimum Gasteiger partial charge on any atom is -0.293 e. The zero-order valence-electron chi connectivity index (χ0n) is 22.3. The Kier molecular flexibility index (Phi) is 8.37. The van der Waals surface area contributed by atoms with Gasteiger partial charge >= 0.3 is 9.28 Å². The Morgan fingerprint density at radius 1 is 0.265 bits per heavy atom. The summed E-state index contributed by atoms with van der Waals surface area (Å²) in [5.41, 5.74) is 0. The molecule has 34 heavy (non-hydrogen) atoms. The third kappa shape index (κ3) is 5.09. The first-order chi connectivity index (χ1) is 16.9. The average molecular weight is 485 g/mol. The van der Waals surface area contributed by atoms with E-state index in [2.05, 4.69) is 13.7 Å². The number of rotatable bonds is 9. The summed E-state index contributed by atoms with van der Waals surface area (Å²) < 4.78 is 10.2. The lowest BCUT2D eigenvalue weighted by Crippen LogP contribution is -2.73. The molecule has 6 aliphatic carbocycles. The summed E-state index contributed by atoms with van der Waals surface area (Å²) >= 11 is 0. The molecule has 0 bridgehead atoms. The van der Waals surface area contributed by atoms with E-state index < -0.39 is 9.28 Å². The Balaban J connectivity index is 1.43. The SMILES string of the molecule is C1CCC(N(C2CCCC2)[Si](N(C2CCCC2)C2CCCC2)N(C2CCCC2)C2CCCC2)C1. The maximum Gasteiger partial charge on any atom is 0.329 e. The van der Waals surface area contributed by atoms with Crippen LogP contribution in [0.25, 0.3) is 0 Å². The molecule has 1 radical (unpaired) electrons. The van der Waals surface area contributed by atoms with E-state index >= 15 is 0 Å². The van der Waals surface area contributed by atoms with E-state index in [9.17, 15) is 0 Å². The summed E-state index contributed by atoms with van der Waals surface area (Å²) in [6.45, 7) is 0. The molecule has 0 aromatic heterocycles. The molecule has 4 heteroatoms. The standard InChI is InChI=1S/C30H54N3Si/c1-2-14-25(13-1)31(26-15-3-4-16-26)34(32(27-17-5-6-18-27)28-19-7-8-20-28)33(29-21-9-10-22-29)30-23-11-12-24-30/h25-30H,1-24H2. The van der Waals surface area contributed by atoms with Crippen molar-refractivity contribution in [2.75, 3.05) is 0 Å². The van der Waals surface area contributed by atoms with E-state index in [0.717, 1.165) is 36.3 Å². The normalized spacial score (nSPS) is 29.6. The zero-order valence-corrected chi connectivity index (χ0v) is 23.3. The van der Waals surface area contributed by atoms with Gasteiger partial charge in [-0.3, -0.25) is 13.7 Å². The van der Waals surface area contributed by atoms with Gasteiger partial charge in [-0.1, -0.05) is 77.0 Å². The quantitative estimate of drug-likeness (QED) is 0.313. The largest absolute Gasteiger partial charge is 0.329 e. The van der Waals surface area contributed by atoms with Crippen LogP contribution in [0.15, 0.2) is 0 Å². The number of hydrogen-bond acceptors (Lipinski definition) is 3. The molecular weight excluding hydrogens is 430 g/mol. The molecule has 6 aliphatic rings. The van der Waals surface area contributed by atoms with Gasteiger partial charge in [0, 0.05) is 36.3 Å². The van der Waals surface area contributed by atoms with Crippen molar-refractivity contribution in [3.05, 3.63) is 0 Å². The highest BCUT2D eigenvalue weighted by Crippen LogP contribution is 2.42. The third-order valence-corrected chi connectivity index (χ3v) is 14.6. The molecule has 6 rings (SSSR count). The summed E-state index contributed by atoms with van der Waals surface area (Å²) in [6, 6.07) is 5.46. The van der Waals surface area contributed by atoms with Gasteiger partial charge in [0.1, 0.15) is 0 Å². The summed E-state index contributed by atoms with van der Waals surface area (Å²) in [6.07, 6.45) is 36.2. The van der Waals surface area contributed by atoms with Crippen LogP contribution in [0.2, 0.25) is 0 Å². The molecule has 0 aliphatic heterocycles. The van der Waals surface area contributed by atoms with Gasteiger partial charge < -0.3 is 0 Å². The van der Waals surface area contributed by atoms with Crippen molar-refractivity contribution >= 4 is 9.28 Å². The van der Waals surface area contributed by atoms with Crippen molar-refractivity contribution in [2.24, 2.45) is 0 Å². The van der Waals surface area contributed by atoms with Gasteiger partial charge in [0.05, 0.1) is 0 Å². The van der Waals surface area contributed by atoms with E-state index in [1.165, 1.54) is 154 Å². The molecule has 0 heterocycles. The summed E-state index contributed by atoms with van der Waals surface area (Å²) in [4.78, 5) is 0. The smallest absolute Gasteiger partial charge is 0.293 e. The fraction of sp³-hybridized carbons (Fsp3) is 1.00. The fourth-order valence-electron chi connectivity index (χ4n) is 9.37. The molecular formula is C30H54N3Si. The molecule has 0 saturated heterocycles. The number of hydrogen-bond donors (Lipinski definition) is 0. The van der Waals surface area contributed by atoms with Gasteiger partial charge in [0.25, 0.3) is 0 Å². The first-order valence-electron chi connectivity index (χ1n) is 16.1. The van der Waals surface area contributed by atoms with Crippen LogP contribution in [-0.4, -0.2) is 59.2 Å². The Hall–Kier alpha value is 0.0969. The molecule has 0 spiro atoms. The van der Waals surface area contributed by atoms with Crippen molar-refractivity contribution in [3.63, 3.8) is 0 Å². The highest BCUT2D eigenvalue weighted by molar-refractivity contribution is 6.50. The van der Waals surface area contributed by atoms with Gasteiger partial charge in [0.2, 0.25) is 0 Å². The highest BCUT2D eigenvalue weighted by atomic mass is 28.3. The summed E-state index contributed by atoms with van der Waals surface area (Å²) in [5.74, 6) is 0. The zero-order chi connectivity index (χ0) is 22.7. The van der Waals surface area contributed by atoms with Crippen LogP contribution in [0.5, 0.6) is 0 Å². The molecule has 193 valence electrons. The van der Waals surface area contributed by atoms with Gasteiger partial charge in [-0.25, -0.2) is 0 Å². The average Bonchev–Trinajstić information content (AvgIpc) is 3.68. The second kappa shape index (κ2) is 11.7. The van der Waals surface area contributed by atoms with Crippen molar-refractivity contribution in [1.29, 1.82) is 0 Å². The van der Waals surface area contributed by atoms with Gasteiger partial charge in [0.15, 0.2) is 0 Å². The topological polar surface area (TPSA) is 9.72 Å². The first-order valence-corrected chi connectivity index (χ1v) is 17.5. The van der Waals surface area contributed by atoms with Crippen molar-refractivity contribution in [1.82, 2.24) is 13.7 Å². The van der Waals surface area contributed by atoms with Crippen molar-refractivity contribution in [2.45, 2.75) is 190 Å². The van der Waals surface area contributed by atoms with Crippen LogP contribution >= 0.6 is 0 Å². The Morgan fingerprint density at radius 2 is 0.412 bits per heavy atom. The van der Waals surface area contributed by atoms with Crippen LogP contribution in [0, 0.1) is 0 Å². The lowest BCUT2D eigenvalue weighted by molar-refractivity contribution is 0.111. The maximum atomic E-state index is 3.39. The van der Waals surface area contributed by atoms with Gasteiger partial charge in [-0.05, 0) is 77.0 Å². The molecule has 0 unspecified atom stereocenters. The Labute approximate surface area is 213 Å². The van der Waals surface area contributed by atoms with Crippen LogP contribution in [0.1, 0.15) is 154 Å². The van der Waals surface area contributed by atoms with Crippen molar-refractivity contribution < 1.29 is 0 Å². The lowest BCUT2D eigenvalue weighted by atomic mass is 10.1. The van der Waals surface area contributed by atoms with E-state index in [-0.39, 0.29) is 0 Å². The molecule has 3 nitrogen and oxygen atoms in total. The Morgan fingerprint density at radius 3 is 0.559 bits per heavy atom. The minimum atomic E-state index is -0.857. The molecule has 0 aromatic carbocycles. The van der Waals surface area contributed by atoms with E-state index in [1.807, 2.05) is 0 Å². The fourth-order valence-corrected chi connectivity index (χ4v) is 13.7. The maximum absolute atomic E-state index is 3.39. The van der Waals surface area contributed by atoms with Gasteiger partial charge in [-0.2, -0.15) is 0 Å². The Bertz CT molecular complexity index is 473. The third-order valence-electron chi connectivity index (χ3n) is 11.0. The second-order valence-corrected chi connectivity index (χ2v) is 15.3. The first kappa shape index (κ1) is 24.4. The second-order valence-electron chi connectivity index (χ2n) is 13.2. The lowest BCUT2D eigenvalue weighted by Gasteiger charge is -2.55. The minimum absolute atomic E-state index is 0.857. The van der Waals surface area contributed by atoms with Gasteiger partial charge in [-0.15, -0.1) is 0 Å². The van der Waals surface area contributed by atoms with Crippen molar-refractivity contribution in [3.8, 4) is 0 Å². The molecule has 0 amide bonds. The predicted molar refractivity (Wildman–Crippen MR) is 145 cm³/mol. The monoisotopic (exact) mass is 484 g/mol. The molecule has 6 saturated carbocycles. The molecule has 0 atom stereocenters. The van der Waals surface area contributed by atoms with E-state index in [4.69, 9.17) is 0 Å². The summed E-state index contributed by atoms with van der Waals surface area (Å²) in [5, 5.41) is 0. The van der Waals surface area contributed by atoms with E-state index in [1.54, 1.807) is 0 Å². The van der Waals surface area contributed by atoms with Crippen LogP contribution in [0.4, 0.5) is 0 Å². The molecule has 0 aromatic rings. The van der Waals surface area contributed by atoms with Crippen LogP contribution in [0.3, 0.4) is 0 Å². The number of nitrogens with zero attached hydrogens (tertiary/aromatic N) is 3. The van der Waals surface area contributed by atoms with Crippen LogP contribution in [-0.2, 0) is 0 Å². The predicted octanol–water partition coefficient (Wildman–Crippen LogP) is 7.53.